The van der Waals surface area contributed by atoms with Crippen LogP contribution in [0.4, 0.5) is 0 Å². The summed E-state index contributed by atoms with van der Waals surface area (Å²) >= 11 is 0. The molecule has 0 aliphatic carbocycles. The summed E-state index contributed by atoms with van der Waals surface area (Å²) in [5, 5.41) is 0. The Labute approximate surface area is 109 Å². The van der Waals surface area contributed by atoms with Gasteiger partial charge in [0.25, 0.3) is 0 Å². The molecule has 18 heavy (non-hydrogen) atoms. The van der Waals surface area contributed by atoms with Crippen molar-refractivity contribution in [1.29, 1.82) is 0 Å². The first-order valence-corrected chi connectivity index (χ1v) is 6.16. The van der Waals surface area contributed by atoms with Crippen LogP contribution in [0.25, 0.3) is 0 Å². The molecule has 2 N–H and O–H groups in total. The van der Waals surface area contributed by atoms with Crippen LogP contribution in [-0.2, 0) is 0 Å². The van der Waals surface area contributed by atoms with Gasteiger partial charge in [-0.1, -0.05) is 6.92 Å². The monoisotopic (exact) mass is 253 g/mol. The van der Waals surface area contributed by atoms with Gasteiger partial charge in [-0.15, -0.1) is 0 Å². The van der Waals surface area contributed by atoms with Gasteiger partial charge in [0.05, 0.1) is 20.3 Å². The van der Waals surface area contributed by atoms with Crippen molar-refractivity contribution in [2.45, 2.75) is 32.8 Å². The molecule has 4 heteroatoms. The minimum atomic E-state index is 0.0846. The van der Waals surface area contributed by atoms with Gasteiger partial charge in [0.1, 0.15) is 5.75 Å². The van der Waals surface area contributed by atoms with E-state index in [1.165, 1.54) is 0 Å². The molecule has 0 aliphatic heterocycles. The summed E-state index contributed by atoms with van der Waals surface area (Å²) in [6.45, 7) is 6.56. The Morgan fingerprint density at radius 1 is 1.00 bits per heavy atom. The Kier molecular flexibility index (Phi) is 5.28. The standard InChI is InChI=1S/C14H23NO3/c1-9(2)18-14-7-12(16-4)11(10(3)8-15)6-13(14)17-5/h6-7,9-10H,8,15H2,1-5H3. The van der Waals surface area contributed by atoms with E-state index in [4.69, 9.17) is 19.9 Å². The Morgan fingerprint density at radius 2 is 1.61 bits per heavy atom. The molecule has 0 bridgehead atoms. The van der Waals surface area contributed by atoms with Crippen LogP contribution in [0.2, 0.25) is 0 Å². The Bertz CT molecular complexity index is 391. The molecule has 1 aromatic carbocycles. The van der Waals surface area contributed by atoms with Crippen molar-refractivity contribution < 1.29 is 14.2 Å². The zero-order chi connectivity index (χ0) is 13.7. The van der Waals surface area contributed by atoms with E-state index < -0.39 is 0 Å². The van der Waals surface area contributed by atoms with E-state index in [1.54, 1.807) is 14.2 Å². The zero-order valence-electron chi connectivity index (χ0n) is 11.8. The van der Waals surface area contributed by atoms with Crippen molar-refractivity contribution in [3.05, 3.63) is 17.7 Å². The number of hydrogen-bond donors (Lipinski definition) is 1. The lowest BCUT2D eigenvalue weighted by Crippen LogP contribution is -2.12. The average molecular weight is 253 g/mol. The fourth-order valence-corrected chi connectivity index (χ4v) is 1.75. The zero-order valence-corrected chi connectivity index (χ0v) is 11.8. The van der Waals surface area contributed by atoms with Crippen molar-refractivity contribution in [3.8, 4) is 17.2 Å². The highest BCUT2D eigenvalue weighted by Crippen LogP contribution is 2.38. The fraction of sp³-hybridized carbons (Fsp3) is 0.571. The van der Waals surface area contributed by atoms with Crippen molar-refractivity contribution in [2.24, 2.45) is 5.73 Å². The number of methoxy groups -OCH3 is 2. The molecule has 102 valence electrons. The van der Waals surface area contributed by atoms with Crippen LogP contribution in [0.5, 0.6) is 17.2 Å². The molecule has 1 aromatic rings. The number of nitrogens with two attached hydrogens (primary N) is 1. The average Bonchev–Trinajstić information content (AvgIpc) is 2.36. The second-order valence-corrected chi connectivity index (χ2v) is 4.55. The van der Waals surface area contributed by atoms with Gasteiger partial charge < -0.3 is 19.9 Å². The van der Waals surface area contributed by atoms with E-state index in [2.05, 4.69) is 6.92 Å². The van der Waals surface area contributed by atoms with Gasteiger partial charge in [-0.05, 0) is 32.4 Å². The maximum Gasteiger partial charge on any atom is 0.165 e. The summed E-state index contributed by atoms with van der Waals surface area (Å²) in [6, 6.07) is 3.80. The lowest BCUT2D eigenvalue weighted by Gasteiger charge is -2.19. The molecule has 0 amide bonds. The molecule has 1 rings (SSSR count). The molecular formula is C14H23NO3. The first kappa shape index (κ1) is 14.6. The summed E-state index contributed by atoms with van der Waals surface area (Å²) < 4.78 is 16.5. The second kappa shape index (κ2) is 6.50. The van der Waals surface area contributed by atoms with Gasteiger partial charge in [0.2, 0.25) is 0 Å². The Balaban J connectivity index is 3.23. The maximum atomic E-state index is 5.71. The van der Waals surface area contributed by atoms with Gasteiger partial charge in [-0.3, -0.25) is 0 Å². The first-order valence-electron chi connectivity index (χ1n) is 6.16. The van der Waals surface area contributed by atoms with Crippen molar-refractivity contribution >= 4 is 0 Å². The molecular weight excluding hydrogens is 230 g/mol. The van der Waals surface area contributed by atoms with Crippen LogP contribution in [0.3, 0.4) is 0 Å². The molecule has 0 fully saturated rings. The normalized spacial score (nSPS) is 12.4. The third kappa shape index (κ3) is 3.29. The lowest BCUT2D eigenvalue weighted by molar-refractivity contribution is 0.228. The van der Waals surface area contributed by atoms with Crippen molar-refractivity contribution in [1.82, 2.24) is 0 Å². The molecule has 0 spiro atoms. The van der Waals surface area contributed by atoms with E-state index in [1.807, 2.05) is 26.0 Å². The van der Waals surface area contributed by atoms with Gasteiger partial charge in [-0.25, -0.2) is 0 Å². The minimum Gasteiger partial charge on any atom is -0.496 e. The predicted octanol–water partition coefficient (Wildman–Crippen LogP) is 2.55. The first-order chi connectivity index (χ1) is 8.53. The van der Waals surface area contributed by atoms with E-state index in [0.717, 1.165) is 11.3 Å². The quantitative estimate of drug-likeness (QED) is 0.846. The third-order valence-corrected chi connectivity index (χ3v) is 2.76. The van der Waals surface area contributed by atoms with Crippen molar-refractivity contribution in [3.63, 3.8) is 0 Å². The summed E-state index contributed by atoms with van der Waals surface area (Å²) in [5.41, 5.74) is 6.75. The molecule has 0 aliphatic rings. The molecule has 1 unspecified atom stereocenters. The highest BCUT2D eigenvalue weighted by molar-refractivity contribution is 5.52. The largest absolute Gasteiger partial charge is 0.496 e. The third-order valence-electron chi connectivity index (χ3n) is 2.76. The summed E-state index contributed by atoms with van der Waals surface area (Å²) in [6.07, 6.45) is 0.0846. The van der Waals surface area contributed by atoms with Crippen LogP contribution in [0.15, 0.2) is 12.1 Å². The number of hydrogen-bond acceptors (Lipinski definition) is 4. The van der Waals surface area contributed by atoms with E-state index >= 15 is 0 Å². The predicted molar refractivity (Wildman–Crippen MR) is 72.8 cm³/mol. The second-order valence-electron chi connectivity index (χ2n) is 4.55. The van der Waals surface area contributed by atoms with Crippen molar-refractivity contribution in [2.75, 3.05) is 20.8 Å². The Hall–Kier alpha value is -1.42. The lowest BCUT2D eigenvalue weighted by atomic mass is 9.99. The van der Waals surface area contributed by atoms with Gasteiger partial charge >= 0.3 is 0 Å². The topological polar surface area (TPSA) is 53.7 Å². The molecule has 0 saturated heterocycles. The van der Waals surface area contributed by atoms with Crippen LogP contribution in [-0.4, -0.2) is 26.9 Å². The number of ether oxygens (including phenoxy) is 3. The molecule has 1 atom stereocenters. The SMILES string of the molecule is COc1cc(C(C)CN)c(OC)cc1OC(C)C. The maximum absolute atomic E-state index is 5.71. The van der Waals surface area contributed by atoms with Crippen LogP contribution in [0, 0.1) is 0 Å². The highest BCUT2D eigenvalue weighted by Gasteiger charge is 2.16. The van der Waals surface area contributed by atoms with Crippen LogP contribution >= 0.6 is 0 Å². The van der Waals surface area contributed by atoms with Crippen LogP contribution in [0.1, 0.15) is 32.3 Å². The molecule has 0 heterocycles. The molecule has 4 nitrogen and oxygen atoms in total. The van der Waals surface area contributed by atoms with E-state index in [-0.39, 0.29) is 12.0 Å². The van der Waals surface area contributed by atoms with Gasteiger partial charge in [0.15, 0.2) is 11.5 Å². The highest BCUT2D eigenvalue weighted by atomic mass is 16.5. The molecule has 0 aromatic heterocycles. The number of benzene rings is 1. The van der Waals surface area contributed by atoms with Gasteiger partial charge in [0, 0.05) is 11.6 Å². The summed E-state index contributed by atoms with van der Waals surface area (Å²) in [5.74, 6) is 2.39. The number of rotatable bonds is 6. The van der Waals surface area contributed by atoms with E-state index in [0.29, 0.717) is 18.0 Å². The van der Waals surface area contributed by atoms with Gasteiger partial charge in [-0.2, -0.15) is 0 Å². The molecule has 0 saturated carbocycles. The van der Waals surface area contributed by atoms with Crippen LogP contribution < -0.4 is 19.9 Å². The summed E-state index contributed by atoms with van der Waals surface area (Å²) in [4.78, 5) is 0. The van der Waals surface area contributed by atoms with E-state index in [9.17, 15) is 0 Å². The fourth-order valence-electron chi connectivity index (χ4n) is 1.75. The smallest absolute Gasteiger partial charge is 0.165 e. The molecule has 0 radical (unpaired) electrons. The Morgan fingerprint density at radius 3 is 2.06 bits per heavy atom. The summed E-state index contributed by atoms with van der Waals surface area (Å²) in [7, 11) is 3.28. The minimum absolute atomic E-state index is 0.0846.